The van der Waals surface area contributed by atoms with Gasteiger partial charge >= 0.3 is 6.18 Å². The molecular weight excluding hydrogens is 417 g/mol. The number of carbonyl (C=O) groups is 1. The summed E-state index contributed by atoms with van der Waals surface area (Å²) >= 11 is 0. The number of likely N-dealkylation sites (tertiary alicyclic amines) is 1. The van der Waals surface area contributed by atoms with Crippen molar-refractivity contribution in [2.45, 2.75) is 19.5 Å². The molecule has 2 heterocycles. The van der Waals surface area contributed by atoms with Gasteiger partial charge in [-0.1, -0.05) is 48.0 Å². The van der Waals surface area contributed by atoms with Crippen molar-refractivity contribution in [1.82, 2.24) is 20.0 Å². The number of rotatable bonds is 6. The van der Waals surface area contributed by atoms with Gasteiger partial charge in [-0.3, -0.25) is 9.69 Å². The predicted octanol–water partition coefficient (Wildman–Crippen LogP) is 4.46. The molecule has 0 radical (unpaired) electrons. The van der Waals surface area contributed by atoms with Crippen LogP contribution >= 0.6 is 0 Å². The molecule has 4 rings (SSSR count). The Labute approximate surface area is 184 Å². The molecule has 3 aromatic rings. The number of aryl methyl sites for hydroxylation is 1. The fourth-order valence-corrected chi connectivity index (χ4v) is 3.99. The molecular formula is C24H25F3N4O. The normalized spacial score (nSPS) is 16.9. The van der Waals surface area contributed by atoms with E-state index in [0.717, 1.165) is 16.8 Å². The smallest absolute Gasteiger partial charge is 0.352 e. The lowest BCUT2D eigenvalue weighted by molar-refractivity contribution is -0.143. The van der Waals surface area contributed by atoms with Crippen molar-refractivity contribution in [2.24, 2.45) is 5.92 Å². The molecule has 1 saturated heterocycles. The van der Waals surface area contributed by atoms with Crippen LogP contribution in [0.1, 0.15) is 22.3 Å². The highest BCUT2D eigenvalue weighted by atomic mass is 19.4. The molecule has 0 aliphatic carbocycles. The third-order valence-corrected chi connectivity index (χ3v) is 5.63. The van der Waals surface area contributed by atoms with Gasteiger partial charge in [0.2, 0.25) is 0 Å². The van der Waals surface area contributed by atoms with E-state index in [1.165, 1.54) is 4.90 Å². The molecule has 1 fully saturated rings. The largest absolute Gasteiger partial charge is 0.401 e. The fourth-order valence-electron chi connectivity index (χ4n) is 3.99. The van der Waals surface area contributed by atoms with Gasteiger partial charge in [-0.15, -0.1) is 0 Å². The van der Waals surface area contributed by atoms with Gasteiger partial charge in [0.05, 0.1) is 17.8 Å². The summed E-state index contributed by atoms with van der Waals surface area (Å²) in [6.07, 6.45) is -1.87. The van der Waals surface area contributed by atoms with Gasteiger partial charge in [0.1, 0.15) is 5.69 Å². The average molecular weight is 442 g/mol. The van der Waals surface area contributed by atoms with Gasteiger partial charge in [0, 0.05) is 24.8 Å². The SMILES string of the molecule is Cc1ccc(-n2cc(C(=O)NC[C@@H]3CCN(CC(F)(F)F)C3)c(-c3ccccc3)n2)cc1. The highest BCUT2D eigenvalue weighted by Crippen LogP contribution is 2.25. The lowest BCUT2D eigenvalue weighted by Gasteiger charge is -2.18. The van der Waals surface area contributed by atoms with Crippen molar-refractivity contribution in [3.8, 4) is 16.9 Å². The molecule has 1 N–H and O–H groups in total. The highest BCUT2D eigenvalue weighted by Gasteiger charge is 2.34. The first-order valence-corrected chi connectivity index (χ1v) is 10.6. The van der Waals surface area contributed by atoms with Crippen molar-refractivity contribution in [3.05, 3.63) is 71.9 Å². The number of alkyl halides is 3. The number of nitrogens with one attached hydrogen (secondary N) is 1. The molecule has 32 heavy (non-hydrogen) atoms. The average Bonchev–Trinajstić information content (AvgIpc) is 3.39. The Morgan fingerprint density at radius 1 is 1.12 bits per heavy atom. The van der Waals surface area contributed by atoms with Crippen LogP contribution < -0.4 is 5.32 Å². The van der Waals surface area contributed by atoms with Crippen molar-refractivity contribution in [1.29, 1.82) is 0 Å². The van der Waals surface area contributed by atoms with Crippen LogP contribution in [-0.4, -0.2) is 52.9 Å². The number of hydrogen-bond donors (Lipinski definition) is 1. The Bertz CT molecular complexity index is 1060. The number of benzene rings is 2. The van der Waals surface area contributed by atoms with E-state index in [9.17, 15) is 18.0 Å². The second-order valence-electron chi connectivity index (χ2n) is 8.25. The van der Waals surface area contributed by atoms with Gasteiger partial charge in [-0.25, -0.2) is 4.68 Å². The maximum absolute atomic E-state index is 13.0. The van der Waals surface area contributed by atoms with Crippen LogP contribution in [0.4, 0.5) is 13.2 Å². The Morgan fingerprint density at radius 2 is 1.84 bits per heavy atom. The first-order chi connectivity index (χ1) is 15.3. The Kier molecular flexibility index (Phi) is 6.32. The third kappa shape index (κ3) is 5.37. The minimum absolute atomic E-state index is 0.00591. The topological polar surface area (TPSA) is 50.2 Å². The summed E-state index contributed by atoms with van der Waals surface area (Å²) < 4.78 is 39.5. The van der Waals surface area contributed by atoms with Crippen molar-refractivity contribution < 1.29 is 18.0 Å². The highest BCUT2D eigenvalue weighted by molar-refractivity contribution is 5.99. The number of halogens is 3. The number of aromatic nitrogens is 2. The summed E-state index contributed by atoms with van der Waals surface area (Å²) in [5, 5.41) is 7.56. The van der Waals surface area contributed by atoms with Gasteiger partial charge in [-0.05, 0) is 37.9 Å². The fraction of sp³-hybridized carbons (Fsp3) is 0.333. The lowest BCUT2D eigenvalue weighted by Crippen LogP contribution is -2.34. The van der Waals surface area contributed by atoms with Crippen molar-refractivity contribution >= 4 is 5.91 Å². The second-order valence-corrected chi connectivity index (χ2v) is 8.25. The van der Waals surface area contributed by atoms with Gasteiger partial charge < -0.3 is 5.32 Å². The Morgan fingerprint density at radius 3 is 2.53 bits per heavy atom. The Balaban J connectivity index is 1.50. The van der Waals surface area contributed by atoms with E-state index in [1.807, 2.05) is 61.5 Å². The molecule has 1 aromatic heterocycles. The summed E-state index contributed by atoms with van der Waals surface area (Å²) in [5.41, 5.74) is 3.78. The minimum atomic E-state index is -4.20. The molecule has 0 bridgehead atoms. The van der Waals surface area contributed by atoms with E-state index in [2.05, 4.69) is 10.4 Å². The standard InChI is InChI=1S/C24H25F3N4O/c1-17-7-9-20(10-8-17)31-15-21(22(29-31)19-5-3-2-4-6-19)23(32)28-13-18-11-12-30(14-18)16-24(25,26)27/h2-10,15,18H,11-14,16H2,1H3,(H,28,32)/t18-/m0/s1. The summed E-state index contributed by atoms with van der Waals surface area (Å²) in [5.74, 6) is -0.287. The quantitative estimate of drug-likeness (QED) is 0.613. The van der Waals surface area contributed by atoms with Crippen LogP contribution in [0.3, 0.4) is 0 Å². The van der Waals surface area contributed by atoms with Crippen LogP contribution in [0.15, 0.2) is 60.8 Å². The molecule has 0 spiro atoms. The molecule has 1 amide bonds. The molecule has 0 saturated carbocycles. The van der Waals surface area contributed by atoms with Crippen molar-refractivity contribution in [2.75, 3.05) is 26.2 Å². The third-order valence-electron chi connectivity index (χ3n) is 5.63. The maximum Gasteiger partial charge on any atom is 0.401 e. The van der Waals surface area contributed by atoms with Crippen LogP contribution in [0.25, 0.3) is 16.9 Å². The first kappa shape index (κ1) is 22.1. The van der Waals surface area contributed by atoms with Crippen LogP contribution in [0.2, 0.25) is 0 Å². The molecule has 5 nitrogen and oxygen atoms in total. The van der Waals surface area contributed by atoms with Gasteiger partial charge in [-0.2, -0.15) is 18.3 Å². The number of amides is 1. The zero-order chi connectivity index (χ0) is 22.7. The zero-order valence-electron chi connectivity index (χ0n) is 17.8. The summed E-state index contributed by atoms with van der Waals surface area (Å²) in [4.78, 5) is 14.4. The first-order valence-electron chi connectivity index (χ1n) is 10.6. The molecule has 0 unspecified atom stereocenters. The maximum atomic E-state index is 13.0. The molecule has 1 aliphatic heterocycles. The van der Waals surface area contributed by atoms with Crippen LogP contribution in [0.5, 0.6) is 0 Å². The van der Waals surface area contributed by atoms with E-state index in [1.54, 1.807) is 10.9 Å². The van der Waals surface area contributed by atoms with Crippen LogP contribution in [-0.2, 0) is 0 Å². The van der Waals surface area contributed by atoms with E-state index in [-0.39, 0.29) is 11.8 Å². The minimum Gasteiger partial charge on any atom is -0.352 e. The van der Waals surface area contributed by atoms with E-state index >= 15 is 0 Å². The number of carbonyl (C=O) groups excluding carboxylic acids is 1. The summed E-state index contributed by atoms with van der Waals surface area (Å²) in [6.45, 7) is 2.14. The number of nitrogens with zero attached hydrogens (tertiary/aromatic N) is 3. The van der Waals surface area contributed by atoms with Crippen molar-refractivity contribution in [3.63, 3.8) is 0 Å². The molecule has 1 atom stereocenters. The molecule has 8 heteroatoms. The zero-order valence-corrected chi connectivity index (χ0v) is 17.8. The molecule has 2 aromatic carbocycles. The monoisotopic (exact) mass is 442 g/mol. The van der Waals surface area contributed by atoms with E-state index in [0.29, 0.717) is 37.3 Å². The summed E-state index contributed by atoms with van der Waals surface area (Å²) in [6, 6.07) is 17.3. The lowest BCUT2D eigenvalue weighted by atomic mass is 10.1. The van der Waals surface area contributed by atoms with Gasteiger partial charge in [0.15, 0.2) is 0 Å². The van der Waals surface area contributed by atoms with E-state index in [4.69, 9.17) is 0 Å². The van der Waals surface area contributed by atoms with Crippen LogP contribution in [0, 0.1) is 12.8 Å². The second kappa shape index (κ2) is 9.16. The molecule has 1 aliphatic rings. The molecule has 168 valence electrons. The predicted molar refractivity (Wildman–Crippen MR) is 117 cm³/mol. The summed E-state index contributed by atoms with van der Waals surface area (Å²) in [7, 11) is 0. The Hall–Kier alpha value is -3.13. The van der Waals surface area contributed by atoms with Gasteiger partial charge in [0.25, 0.3) is 5.91 Å². The van der Waals surface area contributed by atoms with E-state index < -0.39 is 12.7 Å². The number of hydrogen-bond acceptors (Lipinski definition) is 3.